The van der Waals surface area contributed by atoms with Crippen LogP contribution in [0.15, 0.2) is 72.3 Å². The highest BCUT2D eigenvalue weighted by atomic mass is 35.5. The number of hydrogen-bond donors (Lipinski definition) is 2. The third-order valence-electron chi connectivity index (χ3n) is 10.3. The minimum Gasteiger partial charge on any atom is -0.508 e. The van der Waals surface area contributed by atoms with E-state index in [1.165, 1.54) is 24.1 Å². The van der Waals surface area contributed by atoms with Crippen LogP contribution in [0.5, 0.6) is 11.5 Å². The van der Waals surface area contributed by atoms with Crippen molar-refractivity contribution in [1.29, 1.82) is 0 Å². The van der Waals surface area contributed by atoms with Gasteiger partial charge in [0.25, 0.3) is 11.8 Å². The molecule has 12 heteroatoms. The van der Waals surface area contributed by atoms with Crippen molar-refractivity contribution in [3.63, 3.8) is 0 Å². The molecule has 1 saturated carbocycles. The summed E-state index contributed by atoms with van der Waals surface area (Å²) in [7, 11) is 1.53. The van der Waals surface area contributed by atoms with Gasteiger partial charge in [0.2, 0.25) is 11.8 Å². The highest BCUT2D eigenvalue weighted by Gasteiger charge is 2.70. The lowest BCUT2D eigenvalue weighted by molar-refractivity contribution is -0.141. The number of phenolic OH excluding ortho intramolecular Hbond substituents is 1. The lowest BCUT2D eigenvalue weighted by Crippen LogP contribution is -2.53. The van der Waals surface area contributed by atoms with E-state index in [0.29, 0.717) is 32.5 Å². The van der Waals surface area contributed by atoms with E-state index in [1.54, 1.807) is 55.5 Å². The molecule has 3 aromatic rings. The summed E-state index contributed by atoms with van der Waals surface area (Å²) in [6.07, 6.45) is 2.32. The maximum absolute atomic E-state index is 15.2. The quantitative estimate of drug-likeness (QED) is 0.228. The summed E-state index contributed by atoms with van der Waals surface area (Å²) in [5.74, 6) is -4.98. The van der Waals surface area contributed by atoms with Crippen molar-refractivity contribution < 1.29 is 29.0 Å². The van der Waals surface area contributed by atoms with Gasteiger partial charge in [-0.25, -0.2) is 0 Å². The van der Waals surface area contributed by atoms with Crippen molar-refractivity contribution in [2.45, 2.75) is 31.1 Å². The molecule has 2 heterocycles. The Labute approximate surface area is 286 Å². The average Bonchev–Trinajstić information content (AvgIpc) is 3.43. The number of phenols is 1. The Balaban J connectivity index is 1.48. The maximum Gasteiger partial charge on any atom is 0.260 e. The first-order valence-corrected chi connectivity index (χ1v) is 16.4. The predicted molar refractivity (Wildman–Crippen MR) is 176 cm³/mol. The van der Waals surface area contributed by atoms with Gasteiger partial charge in [-0.1, -0.05) is 58.6 Å². The molecule has 3 fully saturated rings. The Kier molecular flexibility index (Phi) is 7.77. The lowest BCUT2D eigenvalue weighted by atomic mass is 9.49. The molecule has 2 aliphatic heterocycles. The largest absolute Gasteiger partial charge is 0.508 e. The van der Waals surface area contributed by atoms with Crippen LogP contribution in [-0.2, 0) is 24.6 Å². The lowest BCUT2D eigenvalue weighted by Gasteiger charge is -2.50. The summed E-state index contributed by atoms with van der Waals surface area (Å²) < 4.78 is 5.42. The molecule has 0 radical (unpaired) electrons. The Morgan fingerprint density at radius 1 is 0.915 bits per heavy atom. The van der Waals surface area contributed by atoms with Gasteiger partial charge in [-0.2, -0.15) is 5.01 Å². The van der Waals surface area contributed by atoms with Crippen molar-refractivity contribution in [2.24, 2.45) is 23.7 Å². The second-order valence-electron chi connectivity index (χ2n) is 12.3. The fourth-order valence-corrected chi connectivity index (χ4v) is 8.95. The van der Waals surface area contributed by atoms with Crippen molar-refractivity contribution in [3.8, 4) is 11.5 Å². The van der Waals surface area contributed by atoms with E-state index in [4.69, 9.17) is 39.5 Å². The van der Waals surface area contributed by atoms with Gasteiger partial charge in [0, 0.05) is 28.1 Å². The number of methoxy groups -OCH3 is 1. The van der Waals surface area contributed by atoms with Crippen molar-refractivity contribution in [1.82, 2.24) is 9.91 Å². The Morgan fingerprint density at radius 2 is 1.62 bits per heavy atom. The van der Waals surface area contributed by atoms with Crippen LogP contribution < -0.4 is 10.2 Å². The van der Waals surface area contributed by atoms with Crippen LogP contribution in [-0.4, -0.2) is 52.3 Å². The Bertz CT molecular complexity index is 1880. The molecule has 3 aromatic carbocycles. The van der Waals surface area contributed by atoms with Crippen molar-refractivity contribution >= 4 is 64.1 Å². The van der Waals surface area contributed by atoms with Crippen LogP contribution in [0.4, 0.5) is 5.69 Å². The summed E-state index contributed by atoms with van der Waals surface area (Å²) in [5, 5.41) is 13.3. The zero-order valence-corrected chi connectivity index (χ0v) is 27.6. The molecule has 4 amide bonds. The second-order valence-corrected chi connectivity index (χ2v) is 13.6. The molecule has 7 rings (SSSR count). The SMILES string of the molecule is CCN1C(=O)[C@H]2[C@H](CC=C3[C@H]2C[C@H]2C(=O)N(Nc4ccc(Cl)cc4Cl)C(=O)[C@@]2(c2ccc(OC)cc2)[C@H]3c2cc(Cl)ccc2O)C1=O. The van der Waals surface area contributed by atoms with Crippen LogP contribution in [0.2, 0.25) is 15.1 Å². The molecule has 47 heavy (non-hydrogen) atoms. The fraction of sp³-hybridized carbons (Fsp3) is 0.314. The summed E-state index contributed by atoms with van der Waals surface area (Å²) in [6.45, 7) is 2.00. The van der Waals surface area contributed by atoms with E-state index in [-0.39, 0.29) is 47.7 Å². The van der Waals surface area contributed by atoms with E-state index >= 15 is 4.79 Å². The van der Waals surface area contributed by atoms with Gasteiger partial charge in [-0.05, 0) is 79.8 Å². The normalized spacial score (nSPS) is 28.2. The fourth-order valence-electron chi connectivity index (χ4n) is 8.32. The van der Waals surface area contributed by atoms with Crippen LogP contribution in [0.25, 0.3) is 0 Å². The molecule has 4 aliphatic rings. The summed E-state index contributed by atoms with van der Waals surface area (Å²) in [6, 6.07) is 16.2. The van der Waals surface area contributed by atoms with Gasteiger partial charge in [0.05, 0.1) is 41.0 Å². The third kappa shape index (κ3) is 4.58. The molecule has 2 saturated heterocycles. The van der Waals surface area contributed by atoms with E-state index in [2.05, 4.69) is 5.43 Å². The Morgan fingerprint density at radius 3 is 2.30 bits per heavy atom. The number of fused-ring (bicyclic) bond motifs is 4. The molecular formula is C35H30Cl3N3O6. The summed E-state index contributed by atoms with van der Waals surface area (Å²) in [5.41, 5.74) is 3.21. The second kappa shape index (κ2) is 11.6. The zero-order valence-electron chi connectivity index (χ0n) is 25.4. The first kappa shape index (κ1) is 31.5. The number of anilines is 1. The molecule has 2 N–H and O–H groups in total. The van der Waals surface area contributed by atoms with Gasteiger partial charge >= 0.3 is 0 Å². The van der Waals surface area contributed by atoms with Crippen molar-refractivity contribution in [3.05, 3.63) is 98.5 Å². The van der Waals surface area contributed by atoms with E-state index < -0.39 is 46.8 Å². The summed E-state index contributed by atoms with van der Waals surface area (Å²) in [4.78, 5) is 58.3. The minimum atomic E-state index is -1.59. The van der Waals surface area contributed by atoms with Gasteiger partial charge in [-0.15, -0.1) is 0 Å². The number of hydrazine groups is 1. The molecule has 242 valence electrons. The monoisotopic (exact) mass is 693 g/mol. The number of amides is 4. The number of likely N-dealkylation sites (tertiary alicyclic amines) is 1. The summed E-state index contributed by atoms with van der Waals surface area (Å²) >= 11 is 19.1. The molecule has 0 aromatic heterocycles. The smallest absolute Gasteiger partial charge is 0.260 e. The first-order chi connectivity index (χ1) is 22.5. The molecule has 0 spiro atoms. The van der Waals surface area contributed by atoms with Crippen molar-refractivity contribution in [2.75, 3.05) is 19.1 Å². The number of hydrogen-bond acceptors (Lipinski definition) is 7. The predicted octanol–water partition coefficient (Wildman–Crippen LogP) is 6.37. The van der Waals surface area contributed by atoms with Crippen LogP contribution >= 0.6 is 34.8 Å². The number of carbonyl (C=O) groups is 4. The van der Waals surface area contributed by atoms with Crippen LogP contribution in [0.1, 0.15) is 36.8 Å². The van der Waals surface area contributed by atoms with E-state index in [9.17, 15) is 19.5 Å². The molecule has 0 bridgehead atoms. The third-order valence-corrected chi connectivity index (χ3v) is 11.1. The number of rotatable bonds is 6. The van der Waals surface area contributed by atoms with Gasteiger partial charge in [0.1, 0.15) is 11.5 Å². The average molecular weight is 695 g/mol. The molecule has 6 atom stereocenters. The number of imide groups is 2. The molecule has 0 unspecified atom stereocenters. The Hall–Kier alpha value is -4.05. The highest BCUT2D eigenvalue weighted by Crippen LogP contribution is 2.65. The minimum absolute atomic E-state index is 0.116. The number of ether oxygens (including phenoxy) is 1. The number of halogens is 3. The van der Waals surface area contributed by atoms with E-state index in [0.717, 1.165) is 5.01 Å². The zero-order chi connectivity index (χ0) is 33.4. The van der Waals surface area contributed by atoms with Crippen LogP contribution in [0.3, 0.4) is 0 Å². The number of aromatic hydroxyl groups is 1. The standard InChI is InChI=1S/C35H30Cl3N3O6/c1-3-40-31(43)22-11-10-21-23(29(22)33(40)45)16-25-32(44)41(39-27-12-6-19(37)15-26(27)38)34(46)35(25,17-4-8-20(47-2)9-5-17)30(21)24-14-18(36)7-13-28(24)42/h4-10,12-15,22-23,25,29-30,39,42H,3,11,16H2,1-2H3/t22-,23+,25-,29-,30+,35+/m0/s1. The van der Waals surface area contributed by atoms with Gasteiger partial charge in [-0.3, -0.25) is 29.5 Å². The molecule has 9 nitrogen and oxygen atoms in total. The highest BCUT2D eigenvalue weighted by molar-refractivity contribution is 6.36. The number of benzene rings is 3. The van der Waals surface area contributed by atoms with E-state index in [1.807, 2.05) is 6.08 Å². The molecule has 2 aliphatic carbocycles. The topological polar surface area (TPSA) is 116 Å². The van der Waals surface area contributed by atoms with Gasteiger partial charge in [0.15, 0.2) is 0 Å². The number of allylic oxidation sites excluding steroid dienone is 2. The molecular weight excluding hydrogens is 665 g/mol. The number of nitrogens with one attached hydrogen (secondary N) is 1. The van der Waals surface area contributed by atoms with Crippen LogP contribution in [0, 0.1) is 23.7 Å². The van der Waals surface area contributed by atoms with Gasteiger partial charge < -0.3 is 9.84 Å². The number of nitrogens with zero attached hydrogens (tertiary/aromatic N) is 2. The first-order valence-electron chi connectivity index (χ1n) is 15.3. The maximum atomic E-state index is 15.2. The number of carbonyl (C=O) groups excluding carboxylic acids is 4.